The third-order valence-corrected chi connectivity index (χ3v) is 0. The van der Waals surface area contributed by atoms with Crippen LogP contribution in [0.4, 0.5) is 0 Å². The predicted molar refractivity (Wildman–Crippen MR) is 5.75 cm³/mol. The van der Waals surface area contributed by atoms with E-state index < -0.39 is 75.5 Å². The zero-order chi connectivity index (χ0) is 25.0. The van der Waals surface area contributed by atoms with Crippen molar-refractivity contribution < 1.29 is 200 Å². The number of hydrogen-bond acceptors (Lipinski definition) is 21. The molecule has 21 nitrogen and oxygen atoms in total. The van der Waals surface area contributed by atoms with Crippen molar-refractivity contribution in [2.45, 2.75) is 0 Å². The molecule has 0 heterocycles. The molecule has 30 heteroatoms. The van der Waals surface area contributed by atoms with E-state index in [4.69, 9.17) is 97.8 Å². The second kappa shape index (κ2) is 53.1. The first-order valence-electron chi connectivity index (χ1n) is 3.24. The SMILES string of the molecule is [Al+3].[O-][Cl+2]([O-])[O-].[O-][Cl+2]([O-])[O-].[O-][Cl+2]([O-])[O-].[O-][Cl+2]([O-])[O-].[O-][Cl+2]([O-])[O-].[O-][Cl+2]([O-])[O-].[O-][Cl+2]([O-])[O-].[Zr+4]. The van der Waals surface area contributed by atoms with Gasteiger partial charge in [-0.25, -0.2) is 0 Å². The maximum Gasteiger partial charge on any atom is 4.00 e. The molecule has 0 aliphatic rings. The first-order chi connectivity index (χ1) is 12.1. The van der Waals surface area contributed by atoms with Crippen molar-refractivity contribution in [3.63, 3.8) is 0 Å². The summed E-state index contributed by atoms with van der Waals surface area (Å²) in [5.41, 5.74) is 0. The fourth-order valence-corrected chi connectivity index (χ4v) is 0. The van der Waals surface area contributed by atoms with E-state index >= 15 is 0 Å². The van der Waals surface area contributed by atoms with Gasteiger partial charge in [0, 0.05) is 0 Å². The van der Waals surface area contributed by atoms with Crippen LogP contribution in [0.25, 0.3) is 0 Å². The first kappa shape index (κ1) is 58.5. The molecule has 0 aromatic heterocycles. The molecule has 0 aliphatic heterocycles. The van der Waals surface area contributed by atoms with Crippen LogP contribution >= 0.6 is 0 Å². The van der Waals surface area contributed by atoms with E-state index in [0.29, 0.717) is 0 Å². The Hall–Kier alpha value is 2.61. The van der Waals surface area contributed by atoms with Gasteiger partial charge in [0.2, 0.25) is 0 Å². The van der Waals surface area contributed by atoms with Gasteiger partial charge in [0.15, 0.2) is 0 Å². The van der Waals surface area contributed by atoms with Crippen LogP contribution in [-0.2, 0) is 26.2 Å². The van der Waals surface area contributed by atoms with Crippen molar-refractivity contribution in [2.75, 3.05) is 0 Å². The molecule has 0 aliphatic carbocycles. The Morgan fingerprint density at radius 2 is 0.200 bits per heavy atom. The molecule has 0 saturated carbocycles. The van der Waals surface area contributed by atoms with Crippen molar-refractivity contribution in [1.29, 1.82) is 0 Å². The monoisotopic (exact) mass is 698 g/mol. The molecule has 0 spiro atoms. The molecule has 0 bridgehead atoms. The molecule has 0 amide bonds. The van der Waals surface area contributed by atoms with E-state index in [-0.39, 0.29) is 43.6 Å². The smallest absolute Gasteiger partial charge is 0.357 e. The normalized spacial score (nSPS) is 8.40. The van der Waals surface area contributed by atoms with Crippen LogP contribution in [0.15, 0.2) is 0 Å². The van der Waals surface area contributed by atoms with E-state index in [1.54, 1.807) is 0 Å². The molecule has 0 rings (SSSR count). The summed E-state index contributed by atoms with van der Waals surface area (Å²) < 4.78 is 177. The minimum absolute atomic E-state index is 0. The van der Waals surface area contributed by atoms with Crippen molar-refractivity contribution in [2.24, 2.45) is 0 Å². The summed E-state index contributed by atoms with van der Waals surface area (Å²) in [7, 11) is -20.0. The van der Waals surface area contributed by atoms with Crippen LogP contribution in [-0.4, -0.2) is 17.4 Å². The molecule has 0 fully saturated rings. The Bertz CT molecular complexity index is 128. The zero-order valence-corrected chi connectivity index (χ0v) is 21.2. The summed E-state index contributed by atoms with van der Waals surface area (Å²) in [5, 5.41) is 0. The fourth-order valence-electron chi connectivity index (χ4n) is 0. The summed E-state index contributed by atoms with van der Waals surface area (Å²) >= 11 is 0. The molecule has 0 saturated heterocycles. The van der Waals surface area contributed by atoms with Crippen LogP contribution in [0.2, 0.25) is 0 Å². The maximum absolute atomic E-state index is 8.41. The largest absolute Gasteiger partial charge is 4.00 e. The van der Waals surface area contributed by atoms with Gasteiger partial charge >= 0.3 is 43.6 Å². The van der Waals surface area contributed by atoms with Crippen molar-refractivity contribution >= 4 is 17.4 Å². The van der Waals surface area contributed by atoms with E-state index in [2.05, 4.69) is 0 Å². The molecular weight excluding hydrogens is 702 g/mol. The fraction of sp³-hybridized carbons (Fsp3) is 0. The van der Waals surface area contributed by atoms with Gasteiger partial charge in [-0.1, -0.05) is 0 Å². The minimum Gasteiger partial charge on any atom is -0.357 e. The zero-order valence-electron chi connectivity index (χ0n) is 12.3. The minimum atomic E-state index is -2.85. The Kier molecular flexibility index (Phi) is 104. The van der Waals surface area contributed by atoms with Crippen molar-refractivity contribution in [3.05, 3.63) is 0 Å². The van der Waals surface area contributed by atoms with Gasteiger partial charge < -0.3 is 97.8 Å². The van der Waals surface area contributed by atoms with Gasteiger partial charge in [0.05, 0.1) is 75.5 Å². The average molecular weight is 702 g/mol. The maximum atomic E-state index is 8.41. The van der Waals surface area contributed by atoms with E-state index in [1.807, 2.05) is 0 Å². The summed E-state index contributed by atoms with van der Waals surface area (Å²) in [6.07, 6.45) is 0. The van der Waals surface area contributed by atoms with Crippen molar-refractivity contribution in [3.8, 4) is 0 Å². The predicted octanol–water partition coefficient (Wildman–Crippen LogP) is -25.4. The van der Waals surface area contributed by atoms with Gasteiger partial charge in [-0.3, -0.25) is 0 Å². The molecule has 0 aromatic rings. The summed E-state index contributed by atoms with van der Waals surface area (Å²) in [5.74, 6) is 0. The average Bonchev–Trinajstić information content (AvgIpc) is 2.20. The summed E-state index contributed by atoms with van der Waals surface area (Å²) in [4.78, 5) is 0. The first-order valence-corrected chi connectivity index (χ1v) is 9.72. The molecule has 0 N–H and O–H groups in total. The third-order valence-electron chi connectivity index (χ3n) is 0. The van der Waals surface area contributed by atoms with Crippen LogP contribution in [0.3, 0.4) is 0 Å². The molecule has 0 aromatic carbocycles. The van der Waals surface area contributed by atoms with Crippen LogP contribution in [0, 0.1) is 75.5 Å². The van der Waals surface area contributed by atoms with Gasteiger partial charge in [-0.15, -0.1) is 0 Å². The van der Waals surface area contributed by atoms with Gasteiger partial charge in [-0.05, 0) is 0 Å². The number of rotatable bonds is 0. The van der Waals surface area contributed by atoms with E-state index in [1.165, 1.54) is 0 Å². The van der Waals surface area contributed by atoms with Crippen molar-refractivity contribution in [1.82, 2.24) is 0 Å². The summed E-state index contributed by atoms with van der Waals surface area (Å²) in [6, 6.07) is 0. The molecule has 182 valence electrons. The van der Waals surface area contributed by atoms with Gasteiger partial charge in [-0.2, -0.15) is 0 Å². The second-order valence-electron chi connectivity index (χ2n) is 1.32. The molecule has 0 unspecified atom stereocenters. The quantitative estimate of drug-likeness (QED) is 0.211. The topological polar surface area (TPSA) is 484 Å². The number of hydrogen-bond donors (Lipinski definition) is 0. The van der Waals surface area contributed by atoms with E-state index in [9.17, 15) is 0 Å². The summed E-state index contributed by atoms with van der Waals surface area (Å²) in [6.45, 7) is 0. The molecular formula is AlCl7O21Zr. The molecule has 30 heavy (non-hydrogen) atoms. The Labute approximate surface area is 215 Å². The van der Waals surface area contributed by atoms with Crippen LogP contribution in [0.1, 0.15) is 0 Å². The Balaban J connectivity index is -0.0000000242. The number of halogens is 7. The third kappa shape index (κ3) is 3950. The molecule has 0 atom stereocenters. The Morgan fingerprint density at radius 3 is 0.200 bits per heavy atom. The second-order valence-corrected chi connectivity index (χ2v) is 3.97. The van der Waals surface area contributed by atoms with E-state index in [0.717, 1.165) is 0 Å². The molecule has 0 radical (unpaired) electrons. The van der Waals surface area contributed by atoms with Gasteiger partial charge in [0.25, 0.3) is 0 Å². The van der Waals surface area contributed by atoms with Crippen LogP contribution < -0.4 is 97.8 Å². The standard InChI is InChI=1S/Al.7ClO3.Zr/c;7*2-1(3)4;/q+3;7*-1;+4. The Morgan fingerprint density at radius 1 is 0.200 bits per heavy atom. The van der Waals surface area contributed by atoms with Crippen LogP contribution in [0.5, 0.6) is 0 Å². The van der Waals surface area contributed by atoms with Gasteiger partial charge in [0.1, 0.15) is 0 Å².